The first-order valence-corrected chi connectivity index (χ1v) is 19.0. The van der Waals surface area contributed by atoms with Crippen LogP contribution in [0.3, 0.4) is 0 Å². The standard InChI is InChI=1S/C30H46BN4O8.C4H10N2O.2C2H6/c1-4-23-5-7-24(8-6-23)33-27(37)21-32-30(39)29(22(2)3)34-26(36)11-13-40-15-17-42-19-20-43-18-16-41-14-12-35-25(31)9-10-28(35)38;1-2-3-6-4(5)7;2*1-2/h5-10,22,29-30,32,39H,4,11-21H2,1-3H3,(H,33,37)(H,34,36);2-3H2,1H3,(H3,5,6,7);2*1-2H3. The first-order valence-electron chi connectivity index (χ1n) is 19.0. The summed E-state index contributed by atoms with van der Waals surface area (Å²) >= 11 is 0. The Bertz CT molecular complexity index is 1170. The van der Waals surface area contributed by atoms with Gasteiger partial charge in [0.25, 0.3) is 0 Å². The predicted molar refractivity (Wildman–Crippen MR) is 215 cm³/mol. The van der Waals surface area contributed by atoms with Gasteiger partial charge in [0.05, 0.1) is 25.8 Å². The summed E-state index contributed by atoms with van der Waals surface area (Å²) in [4.78, 5) is 47.5. The van der Waals surface area contributed by atoms with Crippen molar-refractivity contribution < 1.29 is 43.2 Å². The van der Waals surface area contributed by atoms with Gasteiger partial charge < -0.3 is 31.5 Å². The van der Waals surface area contributed by atoms with E-state index >= 15 is 0 Å². The Balaban J connectivity index is 0. The van der Waals surface area contributed by atoms with Crippen molar-refractivity contribution in [2.45, 2.75) is 86.9 Å². The quantitative estimate of drug-likeness (QED) is 0.0488. The second kappa shape index (κ2) is 35.1. The van der Waals surface area contributed by atoms with E-state index in [9.17, 15) is 24.3 Å². The average molecular weight is 764 g/mol. The Hall–Kier alpha value is -3.67. The van der Waals surface area contributed by atoms with E-state index in [2.05, 4.69) is 28.2 Å². The van der Waals surface area contributed by atoms with Gasteiger partial charge in [-0.3, -0.25) is 14.9 Å². The fraction of sp³-hybridized carbons (Fsp3) is 0.658. The minimum absolute atomic E-state index is 0.0737. The SMILES string of the molecule is CC.CC.CCCNC(N)=O.[B]=C1C=CC(=O)N1CCOCCOCCOCCOCCC(=O)NC(C(C)C)C(O)NCC(=O)Nc1ccc(CC)cc1. The molecule has 0 aliphatic carbocycles. The third-order valence-corrected chi connectivity index (χ3v) is 7.08. The number of nitrogens with one attached hydrogen (secondary N) is 4. The first-order chi connectivity index (χ1) is 26.0. The van der Waals surface area contributed by atoms with Gasteiger partial charge in [0, 0.05) is 18.7 Å². The minimum atomic E-state index is -1.10. The molecular formula is C38H68BN6O9. The van der Waals surface area contributed by atoms with Crippen molar-refractivity contribution in [3.05, 3.63) is 42.0 Å². The summed E-state index contributed by atoms with van der Waals surface area (Å²) in [6, 6.07) is 6.55. The van der Waals surface area contributed by atoms with Gasteiger partial charge in [-0.15, -0.1) is 0 Å². The Morgan fingerprint density at radius 3 is 1.81 bits per heavy atom. The van der Waals surface area contributed by atoms with Crippen molar-refractivity contribution in [1.29, 1.82) is 0 Å². The Morgan fingerprint density at radius 1 is 0.833 bits per heavy atom. The maximum atomic E-state index is 12.4. The zero-order chi connectivity index (χ0) is 41.1. The molecule has 15 nitrogen and oxygen atoms in total. The summed E-state index contributed by atoms with van der Waals surface area (Å²) in [6.07, 6.45) is 3.87. The van der Waals surface area contributed by atoms with Crippen LogP contribution in [0.5, 0.6) is 0 Å². The van der Waals surface area contributed by atoms with Crippen molar-refractivity contribution in [2.75, 3.05) is 77.8 Å². The summed E-state index contributed by atoms with van der Waals surface area (Å²) in [7, 11) is 5.70. The Kier molecular flexibility index (Phi) is 34.0. The summed E-state index contributed by atoms with van der Waals surface area (Å²) in [6.45, 7) is 19.6. The van der Waals surface area contributed by atoms with E-state index in [-0.39, 0.29) is 43.2 Å². The number of nitrogens with two attached hydrogens (primary N) is 1. The third kappa shape index (κ3) is 27.0. The molecule has 16 heteroatoms. The van der Waals surface area contributed by atoms with Gasteiger partial charge in [-0.25, -0.2) is 4.79 Å². The van der Waals surface area contributed by atoms with Gasteiger partial charge in [-0.1, -0.05) is 67.5 Å². The zero-order valence-corrected chi connectivity index (χ0v) is 33.9. The van der Waals surface area contributed by atoms with Crippen LogP contribution >= 0.6 is 0 Å². The molecule has 1 aromatic rings. The van der Waals surface area contributed by atoms with E-state index < -0.39 is 18.3 Å². The summed E-state index contributed by atoms with van der Waals surface area (Å²) in [5.74, 6) is -0.768. The molecule has 1 heterocycles. The van der Waals surface area contributed by atoms with Gasteiger partial charge in [-0.05, 0) is 36.5 Å². The molecule has 1 aliphatic heterocycles. The van der Waals surface area contributed by atoms with E-state index in [1.165, 1.54) is 16.5 Å². The number of ether oxygens (including phenoxy) is 4. The smallest absolute Gasteiger partial charge is 0.379 e. The summed E-state index contributed by atoms with van der Waals surface area (Å²) < 4.78 is 21.8. The molecule has 2 unspecified atom stereocenters. The fourth-order valence-corrected chi connectivity index (χ4v) is 4.26. The summed E-state index contributed by atoms with van der Waals surface area (Å²) in [5.41, 5.74) is 7.01. The Morgan fingerprint density at radius 2 is 1.37 bits per heavy atom. The van der Waals surface area contributed by atoms with E-state index in [1.807, 2.05) is 72.7 Å². The molecule has 7 N–H and O–H groups in total. The minimum Gasteiger partial charge on any atom is -0.379 e. The molecular weight excluding hydrogens is 695 g/mol. The second-order valence-corrected chi connectivity index (χ2v) is 11.5. The van der Waals surface area contributed by atoms with Crippen LogP contribution in [0.15, 0.2) is 36.4 Å². The van der Waals surface area contributed by atoms with Crippen molar-refractivity contribution in [3.63, 3.8) is 0 Å². The fourth-order valence-electron chi connectivity index (χ4n) is 4.26. The molecule has 1 aromatic carbocycles. The molecule has 5 amide bonds. The molecule has 0 aromatic heterocycles. The maximum absolute atomic E-state index is 12.4. The molecule has 0 spiro atoms. The van der Waals surface area contributed by atoms with Crippen LogP contribution in [-0.2, 0) is 39.8 Å². The van der Waals surface area contributed by atoms with Crippen molar-refractivity contribution >= 4 is 42.5 Å². The first kappa shape index (κ1) is 52.4. The molecule has 0 bridgehead atoms. The van der Waals surface area contributed by atoms with Crippen molar-refractivity contribution in [2.24, 2.45) is 11.7 Å². The number of aryl methyl sites for hydroxylation is 1. The number of primary amides is 1. The number of nitrogens with zero attached hydrogens (tertiary/aromatic N) is 1. The molecule has 307 valence electrons. The summed E-state index contributed by atoms with van der Waals surface area (Å²) in [5, 5.41) is 21.4. The van der Waals surface area contributed by atoms with Gasteiger partial charge in [0.2, 0.25) is 11.8 Å². The monoisotopic (exact) mass is 764 g/mol. The van der Waals surface area contributed by atoms with Gasteiger partial charge >= 0.3 is 107 Å². The average Bonchev–Trinajstić information content (AvgIpc) is 3.49. The number of urea groups is 1. The zero-order valence-electron chi connectivity index (χ0n) is 33.9. The van der Waals surface area contributed by atoms with Crippen LogP contribution < -0.4 is 27.0 Å². The van der Waals surface area contributed by atoms with Crippen LogP contribution in [0.25, 0.3) is 0 Å². The van der Waals surface area contributed by atoms with Crippen LogP contribution in [0, 0.1) is 5.92 Å². The molecule has 0 saturated carbocycles. The van der Waals surface area contributed by atoms with E-state index in [4.69, 9.17) is 32.2 Å². The molecule has 0 saturated heterocycles. The Labute approximate surface area is 324 Å². The molecule has 2 atom stereocenters. The van der Waals surface area contributed by atoms with E-state index in [1.54, 1.807) is 6.08 Å². The number of aliphatic hydroxyl groups excluding tert-OH is 1. The molecule has 1 aliphatic rings. The van der Waals surface area contributed by atoms with Crippen LogP contribution in [-0.4, -0.2) is 132 Å². The van der Waals surface area contributed by atoms with Gasteiger partial charge in [-0.2, -0.15) is 0 Å². The van der Waals surface area contributed by atoms with Gasteiger partial charge in [0.15, 0.2) is 0 Å². The second-order valence-electron chi connectivity index (χ2n) is 11.5. The number of hydrogen-bond donors (Lipinski definition) is 6. The topological polar surface area (TPSA) is 203 Å². The van der Waals surface area contributed by atoms with Gasteiger partial charge in [0.1, 0.15) is 6.23 Å². The number of carbonyl (C=O) groups is 4. The number of rotatable bonds is 25. The number of hydrogen-bond acceptors (Lipinski definition) is 10. The van der Waals surface area contributed by atoms with E-state index in [0.29, 0.717) is 70.6 Å². The number of anilines is 1. The molecule has 1 radical (unpaired) electrons. The van der Waals surface area contributed by atoms with Crippen molar-refractivity contribution in [3.8, 4) is 0 Å². The normalized spacial score (nSPS) is 12.7. The molecule has 2 rings (SSSR count). The predicted octanol–water partition coefficient (Wildman–Crippen LogP) is 2.51. The molecule has 0 fully saturated rings. The van der Waals surface area contributed by atoms with Crippen LogP contribution in [0.1, 0.15) is 73.8 Å². The number of carbonyl (C=O) groups excluding carboxylic acids is 4. The van der Waals surface area contributed by atoms with Crippen LogP contribution in [0.2, 0.25) is 0 Å². The third-order valence-electron chi connectivity index (χ3n) is 7.08. The van der Waals surface area contributed by atoms with E-state index in [0.717, 1.165) is 12.8 Å². The molecule has 54 heavy (non-hydrogen) atoms. The number of benzene rings is 1. The number of aliphatic hydroxyl groups is 1. The van der Waals surface area contributed by atoms with Crippen LogP contribution in [0.4, 0.5) is 10.5 Å². The van der Waals surface area contributed by atoms with Crippen molar-refractivity contribution in [1.82, 2.24) is 20.9 Å². The number of amides is 5.